The molecular formula is C24H33IN4O3. The summed E-state index contributed by atoms with van der Waals surface area (Å²) in [6.45, 7) is 5.36. The first kappa shape index (κ1) is 25.8. The minimum Gasteiger partial charge on any atom is -0.486 e. The van der Waals surface area contributed by atoms with Gasteiger partial charge in [-0.1, -0.05) is 18.2 Å². The second-order valence-electron chi connectivity index (χ2n) is 7.72. The summed E-state index contributed by atoms with van der Waals surface area (Å²) >= 11 is 0. The molecule has 0 aliphatic carbocycles. The summed E-state index contributed by atoms with van der Waals surface area (Å²) in [6.07, 6.45) is 0.765. The number of halogens is 1. The number of amides is 1. The number of hydrogen-bond acceptors (Lipinski definition) is 4. The zero-order valence-electron chi connectivity index (χ0n) is 19.3. The number of nitrogens with one attached hydrogen (secondary N) is 1. The third-order valence-electron chi connectivity index (χ3n) is 4.96. The quantitative estimate of drug-likeness (QED) is 0.324. The Morgan fingerprint density at radius 1 is 1.03 bits per heavy atom. The number of guanidine groups is 1. The van der Waals surface area contributed by atoms with Crippen LogP contribution >= 0.6 is 24.0 Å². The van der Waals surface area contributed by atoms with Gasteiger partial charge in [-0.3, -0.25) is 9.79 Å². The zero-order chi connectivity index (χ0) is 22.2. The third-order valence-corrected chi connectivity index (χ3v) is 4.96. The van der Waals surface area contributed by atoms with Crippen LogP contribution < -0.4 is 14.8 Å². The van der Waals surface area contributed by atoms with E-state index in [1.807, 2.05) is 43.4 Å². The Hall–Kier alpha value is -2.49. The summed E-state index contributed by atoms with van der Waals surface area (Å²) in [5.41, 5.74) is 2.93. The lowest BCUT2D eigenvalue weighted by molar-refractivity contribution is 0.0827. The number of carbonyl (C=O) groups is 1. The number of rotatable bonds is 7. The Morgan fingerprint density at radius 2 is 1.78 bits per heavy atom. The van der Waals surface area contributed by atoms with Crippen molar-refractivity contribution in [1.29, 1.82) is 0 Å². The highest BCUT2D eigenvalue weighted by atomic mass is 127. The Bertz CT molecular complexity index is 933. The molecule has 8 heteroatoms. The third kappa shape index (κ3) is 7.01. The molecule has 1 amide bonds. The van der Waals surface area contributed by atoms with E-state index in [1.54, 1.807) is 19.0 Å². The van der Waals surface area contributed by atoms with Crippen molar-refractivity contribution in [3.05, 3.63) is 59.2 Å². The topological polar surface area (TPSA) is 66.4 Å². The first-order chi connectivity index (χ1) is 15.0. The first-order valence-corrected chi connectivity index (χ1v) is 10.7. The standard InChI is InChI=1S/C24H32N4O3.HI/c1-5-25-24(26-12-11-18-7-6-8-20(15-18)23(29)27(2)3)28(4)17-19-9-10-21-22(16-19)31-14-13-30-21;/h6-10,15-16H,5,11-14,17H2,1-4H3,(H,25,26);1H. The van der Waals surface area contributed by atoms with E-state index in [-0.39, 0.29) is 29.9 Å². The molecule has 0 unspecified atom stereocenters. The Labute approximate surface area is 207 Å². The van der Waals surface area contributed by atoms with Crippen LogP contribution in [0.4, 0.5) is 0 Å². The zero-order valence-corrected chi connectivity index (χ0v) is 21.6. The van der Waals surface area contributed by atoms with Crippen molar-refractivity contribution < 1.29 is 14.3 Å². The summed E-state index contributed by atoms with van der Waals surface area (Å²) in [7, 11) is 5.55. The van der Waals surface area contributed by atoms with E-state index in [2.05, 4.69) is 23.2 Å². The van der Waals surface area contributed by atoms with Gasteiger partial charge in [-0.05, 0) is 48.7 Å². The van der Waals surface area contributed by atoms with Crippen LogP contribution in [0.2, 0.25) is 0 Å². The van der Waals surface area contributed by atoms with E-state index in [0.29, 0.717) is 31.9 Å². The van der Waals surface area contributed by atoms with Gasteiger partial charge < -0.3 is 24.6 Å². The maximum atomic E-state index is 12.2. The van der Waals surface area contributed by atoms with Crippen LogP contribution in [-0.2, 0) is 13.0 Å². The fourth-order valence-electron chi connectivity index (χ4n) is 3.41. The normalized spacial score (nSPS) is 12.6. The van der Waals surface area contributed by atoms with Crippen LogP contribution in [0.25, 0.3) is 0 Å². The smallest absolute Gasteiger partial charge is 0.253 e. The molecule has 32 heavy (non-hydrogen) atoms. The first-order valence-electron chi connectivity index (χ1n) is 10.7. The lowest BCUT2D eigenvalue weighted by atomic mass is 10.1. The molecule has 174 valence electrons. The van der Waals surface area contributed by atoms with E-state index >= 15 is 0 Å². The molecule has 0 spiro atoms. The van der Waals surface area contributed by atoms with Crippen molar-refractivity contribution >= 4 is 35.8 Å². The molecule has 1 aliphatic rings. The molecule has 1 heterocycles. The minimum atomic E-state index is 0. The highest BCUT2D eigenvalue weighted by Gasteiger charge is 2.14. The number of hydrogen-bond donors (Lipinski definition) is 1. The molecule has 0 saturated heterocycles. The van der Waals surface area contributed by atoms with Gasteiger partial charge >= 0.3 is 0 Å². The minimum absolute atomic E-state index is 0. The fourth-order valence-corrected chi connectivity index (χ4v) is 3.41. The average Bonchev–Trinajstić information content (AvgIpc) is 2.78. The van der Waals surface area contributed by atoms with E-state index in [0.717, 1.165) is 41.6 Å². The van der Waals surface area contributed by atoms with Crippen LogP contribution in [0.1, 0.15) is 28.4 Å². The Morgan fingerprint density at radius 3 is 2.50 bits per heavy atom. The summed E-state index contributed by atoms with van der Waals surface area (Å²) in [5.74, 6) is 2.45. The number of nitrogens with zero attached hydrogens (tertiary/aromatic N) is 3. The molecule has 3 rings (SSSR count). The second-order valence-corrected chi connectivity index (χ2v) is 7.72. The van der Waals surface area contributed by atoms with Crippen molar-refractivity contribution in [1.82, 2.24) is 15.1 Å². The van der Waals surface area contributed by atoms with Crippen LogP contribution in [0.15, 0.2) is 47.5 Å². The molecule has 2 aromatic rings. The highest BCUT2D eigenvalue weighted by Crippen LogP contribution is 2.31. The number of aliphatic imine (C=N–C) groups is 1. The molecule has 2 aromatic carbocycles. The Kier molecular flexibility index (Phi) is 10.1. The number of benzene rings is 2. The van der Waals surface area contributed by atoms with Gasteiger partial charge in [0.25, 0.3) is 5.91 Å². The van der Waals surface area contributed by atoms with Crippen LogP contribution in [0, 0.1) is 0 Å². The lowest BCUT2D eigenvalue weighted by Crippen LogP contribution is -2.38. The van der Waals surface area contributed by atoms with Gasteiger partial charge in [0.15, 0.2) is 17.5 Å². The second kappa shape index (κ2) is 12.5. The molecule has 0 saturated carbocycles. The number of ether oxygens (including phenoxy) is 2. The molecule has 0 bridgehead atoms. The maximum Gasteiger partial charge on any atom is 0.253 e. The molecule has 1 N–H and O–H groups in total. The monoisotopic (exact) mass is 552 g/mol. The van der Waals surface area contributed by atoms with Gasteiger partial charge in [-0.2, -0.15) is 0 Å². The summed E-state index contributed by atoms with van der Waals surface area (Å²) in [6, 6.07) is 13.8. The summed E-state index contributed by atoms with van der Waals surface area (Å²) in [4.78, 5) is 20.7. The van der Waals surface area contributed by atoms with Crippen molar-refractivity contribution in [3.8, 4) is 11.5 Å². The molecular weight excluding hydrogens is 519 g/mol. The average molecular weight is 552 g/mol. The lowest BCUT2D eigenvalue weighted by Gasteiger charge is -2.24. The number of fused-ring (bicyclic) bond motifs is 1. The van der Waals surface area contributed by atoms with Gasteiger partial charge in [0.2, 0.25) is 0 Å². The Balaban J connectivity index is 0.00000363. The van der Waals surface area contributed by atoms with E-state index in [4.69, 9.17) is 14.5 Å². The molecule has 0 aromatic heterocycles. The number of carbonyl (C=O) groups excluding carboxylic acids is 1. The van der Waals surface area contributed by atoms with Crippen LogP contribution in [0.3, 0.4) is 0 Å². The molecule has 1 aliphatic heterocycles. The summed E-state index contributed by atoms with van der Waals surface area (Å²) in [5, 5.41) is 3.35. The van der Waals surface area contributed by atoms with E-state index in [1.165, 1.54) is 0 Å². The van der Waals surface area contributed by atoms with Crippen molar-refractivity contribution in [2.45, 2.75) is 19.9 Å². The van der Waals surface area contributed by atoms with Crippen LogP contribution in [-0.4, -0.2) is 69.1 Å². The molecule has 7 nitrogen and oxygen atoms in total. The molecule has 0 fully saturated rings. The van der Waals surface area contributed by atoms with E-state index in [9.17, 15) is 4.79 Å². The molecule has 0 radical (unpaired) electrons. The fraction of sp³-hybridized carbons (Fsp3) is 0.417. The van der Waals surface area contributed by atoms with Crippen LogP contribution in [0.5, 0.6) is 11.5 Å². The summed E-state index contributed by atoms with van der Waals surface area (Å²) < 4.78 is 11.3. The van der Waals surface area contributed by atoms with Gasteiger partial charge in [0, 0.05) is 46.3 Å². The SMILES string of the molecule is CCNC(=NCCc1cccc(C(=O)N(C)C)c1)N(C)Cc1ccc2c(c1)OCCO2.I. The molecule has 0 atom stereocenters. The van der Waals surface area contributed by atoms with Gasteiger partial charge in [-0.25, -0.2) is 0 Å². The van der Waals surface area contributed by atoms with Gasteiger partial charge in [-0.15, -0.1) is 24.0 Å². The maximum absolute atomic E-state index is 12.2. The predicted molar refractivity (Wildman–Crippen MR) is 138 cm³/mol. The largest absolute Gasteiger partial charge is 0.486 e. The van der Waals surface area contributed by atoms with Gasteiger partial charge in [0.05, 0.1) is 0 Å². The van der Waals surface area contributed by atoms with Crippen molar-refractivity contribution in [3.63, 3.8) is 0 Å². The predicted octanol–water partition coefficient (Wildman–Crippen LogP) is 3.42. The van der Waals surface area contributed by atoms with Gasteiger partial charge in [0.1, 0.15) is 13.2 Å². The van der Waals surface area contributed by atoms with Crippen molar-refractivity contribution in [2.24, 2.45) is 4.99 Å². The highest BCUT2D eigenvalue weighted by molar-refractivity contribution is 14.0. The van der Waals surface area contributed by atoms with Crippen molar-refractivity contribution in [2.75, 3.05) is 47.4 Å². The van der Waals surface area contributed by atoms with E-state index < -0.39 is 0 Å².